The Morgan fingerprint density at radius 3 is 2.82 bits per heavy atom. The topological polar surface area (TPSA) is 20.3 Å². The van der Waals surface area contributed by atoms with Crippen LogP contribution in [0, 0.1) is 0 Å². The third kappa shape index (κ3) is 1.03. The first-order chi connectivity index (χ1) is 5.29. The van der Waals surface area contributed by atoms with E-state index in [4.69, 9.17) is 0 Å². The van der Waals surface area contributed by atoms with Gasteiger partial charge in [0, 0.05) is 5.56 Å². The summed E-state index contributed by atoms with van der Waals surface area (Å²) >= 11 is 1.75. The van der Waals surface area contributed by atoms with Crippen LogP contribution in [-0.4, -0.2) is 9.02 Å². The lowest BCUT2D eigenvalue weighted by molar-refractivity contribution is -0.549. The first-order valence-electron chi connectivity index (χ1n) is 3.36. The van der Waals surface area contributed by atoms with Gasteiger partial charge in [0.05, 0.1) is 6.54 Å². The van der Waals surface area contributed by atoms with E-state index in [2.05, 4.69) is 0 Å². The van der Waals surface area contributed by atoms with Crippen LogP contribution >= 0.6 is 0 Å². The number of fused-ring (bicyclic) bond motifs is 1. The van der Waals surface area contributed by atoms with Crippen LogP contribution in [0.2, 0.25) is 0 Å². The van der Waals surface area contributed by atoms with Crippen LogP contribution in [0.4, 0.5) is 0 Å². The van der Waals surface area contributed by atoms with Crippen LogP contribution in [0.25, 0.3) is 0 Å². The highest BCUT2D eigenvalue weighted by atomic mass is 127. The Bertz CT molecular complexity index is 311. The maximum absolute atomic E-state index is 11.3. The molecule has 0 saturated carbocycles. The van der Waals surface area contributed by atoms with Gasteiger partial charge in [0.25, 0.3) is 5.91 Å². The minimum Gasteiger partial charge on any atom is -0.265 e. The Morgan fingerprint density at radius 2 is 2.09 bits per heavy atom. The van der Waals surface area contributed by atoms with Gasteiger partial charge in [0.2, 0.25) is 0 Å². The molecule has 0 unspecified atom stereocenters. The first-order valence-corrected chi connectivity index (χ1v) is 4.40. The van der Waals surface area contributed by atoms with Crippen LogP contribution in [0.15, 0.2) is 24.3 Å². The molecule has 0 N–H and O–H groups in total. The fourth-order valence-corrected chi connectivity index (χ4v) is 1.91. The summed E-state index contributed by atoms with van der Waals surface area (Å²) in [5.74, 6) is 0.144. The molecule has 1 aromatic rings. The first kappa shape index (κ1) is 7.09. The molecule has 1 amide bonds. The summed E-state index contributed by atoms with van der Waals surface area (Å²) in [7, 11) is 0. The third-order valence-electron chi connectivity index (χ3n) is 1.79. The van der Waals surface area contributed by atoms with Gasteiger partial charge in [-0.1, -0.05) is 18.2 Å². The zero-order valence-electron chi connectivity index (χ0n) is 5.78. The van der Waals surface area contributed by atoms with Crippen molar-refractivity contribution in [2.75, 3.05) is 0 Å². The molecule has 0 fully saturated rings. The molecule has 0 saturated heterocycles. The summed E-state index contributed by atoms with van der Waals surface area (Å²) in [6, 6.07) is 7.74. The number of amides is 1. The zero-order valence-corrected chi connectivity index (χ0v) is 8.11. The van der Waals surface area contributed by atoms with E-state index in [0.717, 1.165) is 17.7 Å². The summed E-state index contributed by atoms with van der Waals surface area (Å²) in [4.78, 5) is 11.3. The lowest BCUT2D eigenvalue weighted by atomic mass is 10.1. The number of halogens is 1. The highest BCUT2D eigenvalue weighted by Crippen LogP contribution is 2.17. The van der Waals surface area contributed by atoms with E-state index in [1.54, 1.807) is 26.0 Å². The van der Waals surface area contributed by atoms with Crippen molar-refractivity contribution in [3.8, 4) is 0 Å². The van der Waals surface area contributed by atoms with Gasteiger partial charge in [0.15, 0.2) is 0 Å². The summed E-state index contributed by atoms with van der Waals surface area (Å²) in [6.07, 6.45) is 0. The lowest BCUT2D eigenvalue weighted by Gasteiger charge is -1.90. The maximum atomic E-state index is 11.3. The fourth-order valence-electron chi connectivity index (χ4n) is 1.23. The van der Waals surface area contributed by atoms with Crippen molar-refractivity contribution in [1.29, 1.82) is 0 Å². The van der Waals surface area contributed by atoms with Crippen molar-refractivity contribution in [2.45, 2.75) is 6.54 Å². The normalized spacial score (nSPS) is 15.4. The van der Waals surface area contributed by atoms with Crippen LogP contribution < -0.4 is 22.9 Å². The van der Waals surface area contributed by atoms with Crippen molar-refractivity contribution < 1.29 is 27.7 Å². The fraction of sp³-hybridized carbons (Fsp3) is 0.125. The van der Waals surface area contributed by atoms with Crippen LogP contribution in [0.3, 0.4) is 0 Å². The van der Waals surface area contributed by atoms with Crippen LogP contribution in [-0.2, 0) is 6.54 Å². The molecule has 1 aliphatic rings. The minimum absolute atomic E-state index is 0.144. The van der Waals surface area contributed by atoms with Crippen molar-refractivity contribution in [3.05, 3.63) is 35.4 Å². The van der Waals surface area contributed by atoms with Crippen molar-refractivity contribution in [2.24, 2.45) is 0 Å². The minimum atomic E-state index is 0.144. The maximum Gasteiger partial charge on any atom is 0.407 e. The second kappa shape index (κ2) is 2.48. The Morgan fingerprint density at radius 1 is 1.36 bits per heavy atom. The third-order valence-corrected chi connectivity index (χ3v) is 2.63. The highest BCUT2D eigenvalue weighted by molar-refractivity contribution is 5.97. The second-order valence-corrected chi connectivity index (χ2v) is 3.76. The van der Waals surface area contributed by atoms with E-state index in [1.807, 2.05) is 24.3 Å². The molecular formula is C8H7INO+. The molecule has 1 aromatic carbocycles. The quantitative estimate of drug-likeness (QED) is 0.384. The summed E-state index contributed by atoms with van der Waals surface area (Å²) in [6.45, 7) is 0.763. The standard InChI is InChI=1S/C8H7INO/c9-10-5-6-3-1-2-4-7(6)8(10)11/h1-4,9H,5H2/q+1. The average molecular weight is 260 g/mol. The van der Waals surface area contributed by atoms with Gasteiger partial charge in [-0.25, -0.2) is 0 Å². The molecule has 11 heavy (non-hydrogen) atoms. The average Bonchev–Trinajstić information content (AvgIpc) is 2.30. The van der Waals surface area contributed by atoms with Gasteiger partial charge >= 0.3 is 22.9 Å². The van der Waals surface area contributed by atoms with E-state index < -0.39 is 0 Å². The summed E-state index contributed by atoms with van der Waals surface area (Å²) in [5, 5.41) is 0. The van der Waals surface area contributed by atoms with E-state index >= 15 is 0 Å². The molecule has 3 heteroatoms. The molecule has 0 aliphatic carbocycles. The van der Waals surface area contributed by atoms with E-state index in [9.17, 15) is 4.79 Å². The molecule has 56 valence electrons. The van der Waals surface area contributed by atoms with Gasteiger partial charge in [0.1, 0.15) is 0 Å². The van der Waals surface area contributed by atoms with Crippen molar-refractivity contribution >= 4 is 5.91 Å². The van der Waals surface area contributed by atoms with Gasteiger partial charge in [-0.05, 0) is 11.6 Å². The largest absolute Gasteiger partial charge is 0.407 e. The highest BCUT2D eigenvalue weighted by Gasteiger charge is 2.29. The number of nitrogens with zero attached hydrogens (tertiary/aromatic N) is 1. The van der Waals surface area contributed by atoms with Crippen molar-refractivity contribution in [1.82, 2.24) is 3.11 Å². The Labute approximate surface area is 78.7 Å². The molecular weight excluding hydrogens is 253 g/mol. The molecule has 0 bridgehead atoms. The van der Waals surface area contributed by atoms with Gasteiger partial charge in [-0.3, -0.25) is 4.79 Å². The number of hydrogen-bond donors (Lipinski definition) is 0. The van der Waals surface area contributed by atoms with E-state index in [0.29, 0.717) is 0 Å². The van der Waals surface area contributed by atoms with E-state index in [-0.39, 0.29) is 5.91 Å². The summed E-state index contributed by atoms with van der Waals surface area (Å²) < 4.78 is 1.74. The summed E-state index contributed by atoms with van der Waals surface area (Å²) in [5.41, 5.74) is 2.00. The Kier molecular flexibility index (Phi) is 1.60. The van der Waals surface area contributed by atoms with Crippen LogP contribution in [0.1, 0.15) is 15.9 Å². The predicted molar refractivity (Wildman–Crippen MR) is 37.7 cm³/mol. The molecule has 2 nitrogen and oxygen atoms in total. The molecule has 2 rings (SSSR count). The monoisotopic (exact) mass is 260 g/mol. The second-order valence-electron chi connectivity index (χ2n) is 2.50. The zero-order chi connectivity index (χ0) is 7.84. The van der Waals surface area contributed by atoms with Crippen LogP contribution in [0.5, 0.6) is 0 Å². The number of carbonyl (C=O) groups excluding carboxylic acids is 1. The number of benzene rings is 1. The number of carbonyl (C=O) groups is 1. The van der Waals surface area contributed by atoms with Gasteiger partial charge < -0.3 is 0 Å². The molecule has 0 atom stereocenters. The van der Waals surface area contributed by atoms with Crippen molar-refractivity contribution in [3.63, 3.8) is 0 Å². The van der Waals surface area contributed by atoms with E-state index in [1.165, 1.54) is 0 Å². The predicted octanol–water partition coefficient (Wildman–Crippen LogP) is -2.16. The van der Waals surface area contributed by atoms with Gasteiger partial charge in [-0.15, -0.1) is 3.11 Å². The number of rotatable bonds is 0. The molecule has 1 heterocycles. The Hall–Kier alpha value is -0.580. The SMILES string of the molecule is O=C1c2ccccc2CN1[IH+]. The molecule has 1 aliphatic heterocycles. The van der Waals surface area contributed by atoms with Gasteiger partial charge in [-0.2, -0.15) is 0 Å². The molecule has 0 radical (unpaired) electrons. The lowest BCUT2D eigenvalue weighted by Crippen LogP contribution is -3.41. The number of hydrogen-bond acceptors (Lipinski definition) is 1. The molecule has 0 spiro atoms. The smallest absolute Gasteiger partial charge is 0.265 e. The Balaban J connectivity index is 2.55. The molecule has 0 aromatic heterocycles.